The van der Waals surface area contributed by atoms with E-state index in [0.29, 0.717) is 23.8 Å². The van der Waals surface area contributed by atoms with Crippen LogP contribution in [0.4, 0.5) is 0 Å². The van der Waals surface area contributed by atoms with Crippen molar-refractivity contribution in [1.82, 2.24) is 14.9 Å². The second-order valence-electron chi connectivity index (χ2n) is 6.77. The van der Waals surface area contributed by atoms with E-state index >= 15 is 0 Å². The molecule has 1 aromatic rings. The van der Waals surface area contributed by atoms with Crippen LogP contribution in [0.15, 0.2) is 15.8 Å². The van der Waals surface area contributed by atoms with Crippen LogP contribution in [0.1, 0.15) is 51.8 Å². The minimum absolute atomic E-state index is 0.0708. The Kier molecular flexibility index (Phi) is 6.55. The lowest BCUT2D eigenvalue weighted by molar-refractivity contribution is -0.136. The summed E-state index contributed by atoms with van der Waals surface area (Å²) in [6.07, 6.45) is 3.81. The van der Waals surface area contributed by atoms with Crippen molar-refractivity contribution in [2.75, 3.05) is 6.54 Å². The van der Waals surface area contributed by atoms with Gasteiger partial charge in [0.05, 0.1) is 12.6 Å². The van der Waals surface area contributed by atoms with Crippen LogP contribution in [0.25, 0.3) is 0 Å². The zero-order chi connectivity index (χ0) is 18.6. The number of aromatic nitrogens is 2. The Morgan fingerprint density at radius 2 is 2.16 bits per heavy atom. The van der Waals surface area contributed by atoms with Crippen LogP contribution in [0.2, 0.25) is 0 Å². The topological polar surface area (TPSA) is 113 Å². The number of carboxylic acid groups (broad SMARTS) is 1. The van der Waals surface area contributed by atoms with E-state index in [4.69, 9.17) is 9.84 Å². The highest BCUT2D eigenvalue weighted by Crippen LogP contribution is 2.34. The maximum atomic E-state index is 12.1. The Morgan fingerprint density at radius 3 is 2.80 bits per heavy atom. The van der Waals surface area contributed by atoms with Crippen molar-refractivity contribution in [2.24, 2.45) is 11.8 Å². The molecule has 0 aromatic carbocycles. The molecule has 8 heteroatoms. The fourth-order valence-corrected chi connectivity index (χ4v) is 3.15. The van der Waals surface area contributed by atoms with E-state index in [1.54, 1.807) is 0 Å². The predicted octanol–water partition coefficient (Wildman–Crippen LogP) is 1.07. The molecule has 1 aromatic heterocycles. The van der Waals surface area contributed by atoms with Crippen LogP contribution >= 0.6 is 0 Å². The molecule has 1 saturated heterocycles. The lowest BCUT2D eigenvalue weighted by Gasteiger charge is -2.25. The highest BCUT2D eigenvalue weighted by Gasteiger charge is 2.33. The van der Waals surface area contributed by atoms with Crippen LogP contribution < -0.4 is 16.6 Å². The zero-order valence-electron chi connectivity index (χ0n) is 14.9. The minimum Gasteiger partial charge on any atom is -0.480 e. The lowest BCUT2D eigenvalue weighted by Crippen LogP contribution is -2.36. The average Bonchev–Trinajstić information content (AvgIpc) is 3.04. The van der Waals surface area contributed by atoms with Gasteiger partial charge in [-0.05, 0) is 24.7 Å². The number of aromatic amines is 1. The van der Waals surface area contributed by atoms with Gasteiger partial charge < -0.3 is 15.2 Å². The zero-order valence-corrected chi connectivity index (χ0v) is 14.9. The molecule has 2 heterocycles. The molecule has 1 aliphatic heterocycles. The fraction of sp³-hybridized carbons (Fsp3) is 0.706. The number of H-pyrrole nitrogens is 1. The molecule has 2 rings (SSSR count). The average molecular weight is 353 g/mol. The second-order valence-corrected chi connectivity index (χ2v) is 6.77. The summed E-state index contributed by atoms with van der Waals surface area (Å²) in [4.78, 5) is 36.9. The third kappa shape index (κ3) is 4.79. The first-order chi connectivity index (χ1) is 11.8. The molecule has 1 aliphatic rings. The molecule has 140 valence electrons. The summed E-state index contributed by atoms with van der Waals surface area (Å²) in [6.45, 7) is 6.32. The maximum absolute atomic E-state index is 12.1. The first kappa shape index (κ1) is 19.4. The van der Waals surface area contributed by atoms with E-state index in [0.717, 1.165) is 12.8 Å². The normalized spacial score (nSPS) is 22.7. The van der Waals surface area contributed by atoms with Crippen molar-refractivity contribution in [3.63, 3.8) is 0 Å². The Bertz CT molecular complexity index is 711. The fourth-order valence-electron chi connectivity index (χ4n) is 3.15. The molecule has 25 heavy (non-hydrogen) atoms. The number of nitrogens with zero attached hydrogens (tertiary/aromatic N) is 1. The van der Waals surface area contributed by atoms with Crippen molar-refractivity contribution in [3.05, 3.63) is 32.6 Å². The first-order valence-corrected chi connectivity index (χ1v) is 8.75. The Morgan fingerprint density at radius 1 is 1.44 bits per heavy atom. The van der Waals surface area contributed by atoms with E-state index < -0.39 is 23.4 Å². The number of aliphatic carboxylic acids is 1. The summed E-state index contributed by atoms with van der Waals surface area (Å²) in [5, 5.41) is 11.3. The molecule has 0 radical (unpaired) electrons. The smallest absolute Gasteiger partial charge is 0.330 e. The number of nitrogens with one attached hydrogen (secondary N) is 2. The Hall–Kier alpha value is -1.93. The Balaban J connectivity index is 2.12. The monoisotopic (exact) mass is 353 g/mol. The predicted molar refractivity (Wildman–Crippen MR) is 92.4 cm³/mol. The van der Waals surface area contributed by atoms with E-state index in [9.17, 15) is 14.4 Å². The number of carbonyl (C=O) groups is 1. The summed E-state index contributed by atoms with van der Waals surface area (Å²) in [5.74, 6) is -0.0808. The summed E-state index contributed by atoms with van der Waals surface area (Å²) in [5.41, 5.74) is -0.710. The van der Waals surface area contributed by atoms with Gasteiger partial charge in [0, 0.05) is 18.3 Å². The van der Waals surface area contributed by atoms with Gasteiger partial charge in [0.15, 0.2) is 0 Å². The molecule has 0 aliphatic carbocycles. The summed E-state index contributed by atoms with van der Waals surface area (Å²) >= 11 is 0. The van der Waals surface area contributed by atoms with Crippen LogP contribution in [0.5, 0.6) is 0 Å². The van der Waals surface area contributed by atoms with Crippen LogP contribution in [0, 0.1) is 11.8 Å². The lowest BCUT2D eigenvalue weighted by atomic mass is 9.88. The number of hydrogen-bond donors (Lipinski definition) is 3. The van der Waals surface area contributed by atoms with Gasteiger partial charge in [-0.1, -0.05) is 27.2 Å². The van der Waals surface area contributed by atoms with Crippen LogP contribution in [0.3, 0.4) is 0 Å². The summed E-state index contributed by atoms with van der Waals surface area (Å²) < 4.78 is 7.48. The van der Waals surface area contributed by atoms with Gasteiger partial charge in [-0.2, -0.15) is 0 Å². The van der Waals surface area contributed by atoms with E-state index in [1.807, 2.05) is 0 Å². The van der Waals surface area contributed by atoms with Crippen LogP contribution in [-0.4, -0.2) is 33.3 Å². The first-order valence-electron chi connectivity index (χ1n) is 8.75. The number of ether oxygens (including phenoxy) is 1. The number of hydrogen-bond acceptors (Lipinski definition) is 5. The highest BCUT2D eigenvalue weighted by molar-refractivity contribution is 5.68. The molecule has 0 spiro atoms. The molecule has 0 bridgehead atoms. The molecular formula is C17H27N3O5. The molecule has 4 atom stereocenters. The molecule has 1 fully saturated rings. The van der Waals surface area contributed by atoms with Crippen LogP contribution in [-0.2, 0) is 16.1 Å². The van der Waals surface area contributed by atoms with Gasteiger partial charge in [0.25, 0.3) is 5.56 Å². The number of carboxylic acids is 1. The van der Waals surface area contributed by atoms with Gasteiger partial charge >= 0.3 is 11.7 Å². The summed E-state index contributed by atoms with van der Waals surface area (Å²) in [6, 6.07) is 0. The van der Waals surface area contributed by atoms with E-state index in [-0.39, 0.29) is 19.2 Å². The summed E-state index contributed by atoms with van der Waals surface area (Å²) in [7, 11) is 0. The van der Waals surface area contributed by atoms with Gasteiger partial charge in [-0.3, -0.25) is 19.1 Å². The van der Waals surface area contributed by atoms with E-state index in [2.05, 4.69) is 31.1 Å². The van der Waals surface area contributed by atoms with Gasteiger partial charge in [-0.15, -0.1) is 0 Å². The minimum atomic E-state index is -1.01. The third-order valence-corrected chi connectivity index (χ3v) is 5.10. The highest BCUT2D eigenvalue weighted by atomic mass is 16.5. The molecule has 3 N–H and O–H groups in total. The Labute approximate surface area is 146 Å². The molecule has 3 unspecified atom stereocenters. The standard InChI is InChI=1S/C17H27N3O5/c1-4-10(2)11(3)13-5-6-14(25-13)20-9-12(7-18-8-15(21)22)16(23)19-17(20)24/h9-11,13-14,18H,4-8H2,1-3H3,(H,21,22)(H,19,23,24)/t10?,11?,13?,14-/m1/s1. The van der Waals surface area contributed by atoms with E-state index in [1.165, 1.54) is 10.8 Å². The van der Waals surface area contributed by atoms with Crippen molar-refractivity contribution in [2.45, 2.75) is 58.9 Å². The molecule has 8 nitrogen and oxygen atoms in total. The largest absolute Gasteiger partial charge is 0.480 e. The third-order valence-electron chi connectivity index (χ3n) is 5.10. The van der Waals surface area contributed by atoms with Gasteiger partial charge in [-0.25, -0.2) is 4.79 Å². The maximum Gasteiger partial charge on any atom is 0.330 e. The molecule has 0 amide bonds. The van der Waals surface area contributed by atoms with Crippen molar-refractivity contribution >= 4 is 5.97 Å². The van der Waals surface area contributed by atoms with Gasteiger partial charge in [0.1, 0.15) is 6.23 Å². The molecular weight excluding hydrogens is 326 g/mol. The quantitative estimate of drug-likeness (QED) is 0.644. The SMILES string of the molecule is CCC(C)C(C)C1CC[C@H](n2cc(CNCC(=O)O)c(=O)[nH]c2=O)O1. The van der Waals surface area contributed by atoms with Crippen molar-refractivity contribution in [3.8, 4) is 0 Å². The van der Waals surface area contributed by atoms with Crippen molar-refractivity contribution in [1.29, 1.82) is 0 Å². The number of rotatable bonds is 8. The van der Waals surface area contributed by atoms with Crippen molar-refractivity contribution < 1.29 is 14.6 Å². The second kappa shape index (κ2) is 8.44. The molecule has 0 saturated carbocycles. The van der Waals surface area contributed by atoms with Gasteiger partial charge in [0.2, 0.25) is 0 Å².